The molecule has 0 unspecified atom stereocenters. The van der Waals surface area contributed by atoms with Crippen LogP contribution in [0.5, 0.6) is 0 Å². The maximum absolute atomic E-state index is 11.4. The van der Waals surface area contributed by atoms with E-state index in [4.69, 9.17) is 0 Å². The molecule has 1 N–H and O–H groups in total. The fourth-order valence-electron chi connectivity index (χ4n) is 1.91. The molecule has 6 nitrogen and oxygen atoms in total. The van der Waals surface area contributed by atoms with Gasteiger partial charge in [-0.25, -0.2) is 4.79 Å². The van der Waals surface area contributed by atoms with Gasteiger partial charge in [-0.05, 0) is 12.5 Å². The number of hydrogen-bond donors (Lipinski definition) is 1. The number of carbonyl (C=O) groups is 1. The number of benzene rings is 1. The highest BCUT2D eigenvalue weighted by Crippen LogP contribution is 2.22. The average Bonchev–Trinajstić information content (AvgIpc) is 2.67. The van der Waals surface area contributed by atoms with Crippen LogP contribution in [0.4, 0.5) is 10.5 Å². The molecule has 0 aliphatic carbocycles. The summed E-state index contributed by atoms with van der Waals surface area (Å²) in [4.78, 5) is 23.4. The zero-order valence-electron chi connectivity index (χ0n) is 9.47. The first kappa shape index (κ1) is 11.4. The van der Waals surface area contributed by atoms with E-state index in [1.54, 1.807) is 17.9 Å². The van der Waals surface area contributed by atoms with E-state index in [2.05, 4.69) is 5.32 Å². The summed E-state index contributed by atoms with van der Waals surface area (Å²) in [6, 6.07) is 4.82. The van der Waals surface area contributed by atoms with Gasteiger partial charge in [-0.3, -0.25) is 10.1 Å². The van der Waals surface area contributed by atoms with Crippen molar-refractivity contribution in [2.45, 2.75) is 13.5 Å². The zero-order chi connectivity index (χ0) is 12.4. The highest BCUT2D eigenvalue weighted by Gasteiger charge is 2.21. The van der Waals surface area contributed by atoms with Crippen LogP contribution in [-0.2, 0) is 6.54 Å². The predicted molar refractivity (Wildman–Crippen MR) is 61.6 cm³/mol. The number of nitro benzene ring substituents is 1. The number of hydrogen-bond acceptors (Lipinski definition) is 3. The smallest absolute Gasteiger partial charge is 0.317 e. The molecule has 1 heterocycles. The second-order valence-corrected chi connectivity index (χ2v) is 3.97. The first-order chi connectivity index (χ1) is 8.09. The molecule has 1 aromatic carbocycles. The Hall–Kier alpha value is -2.11. The maximum Gasteiger partial charge on any atom is 0.317 e. The second-order valence-electron chi connectivity index (χ2n) is 3.97. The van der Waals surface area contributed by atoms with E-state index in [0.29, 0.717) is 25.2 Å². The van der Waals surface area contributed by atoms with Gasteiger partial charge in [0.15, 0.2) is 0 Å². The molecule has 0 atom stereocenters. The van der Waals surface area contributed by atoms with E-state index in [-0.39, 0.29) is 11.7 Å². The number of nitro groups is 1. The monoisotopic (exact) mass is 235 g/mol. The minimum absolute atomic E-state index is 0.0992. The third-order valence-electron chi connectivity index (χ3n) is 2.92. The van der Waals surface area contributed by atoms with Gasteiger partial charge in [-0.1, -0.05) is 12.1 Å². The number of amides is 2. The minimum atomic E-state index is -0.400. The molecule has 6 heteroatoms. The Bertz CT molecular complexity index is 473. The summed E-state index contributed by atoms with van der Waals surface area (Å²) in [5.74, 6) is 0. The van der Waals surface area contributed by atoms with Gasteiger partial charge in [-0.2, -0.15) is 0 Å². The van der Waals surface area contributed by atoms with Gasteiger partial charge in [0.25, 0.3) is 5.69 Å². The molecule has 0 saturated carbocycles. The Morgan fingerprint density at radius 2 is 2.29 bits per heavy atom. The molecule has 0 bridgehead atoms. The van der Waals surface area contributed by atoms with Crippen LogP contribution < -0.4 is 5.32 Å². The topological polar surface area (TPSA) is 75.5 Å². The molecule has 1 aliphatic heterocycles. The molecule has 1 aliphatic rings. The fourth-order valence-corrected chi connectivity index (χ4v) is 1.91. The zero-order valence-corrected chi connectivity index (χ0v) is 9.47. The van der Waals surface area contributed by atoms with Crippen molar-refractivity contribution in [1.82, 2.24) is 10.2 Å². The second kappa shape index (κ2) is 4.40. The maximum atomic E-state index is 11.4. The lowest BCUT2D eigenvalue weighted by molar-refractivity contribution is -0.385. The van der Waals surface area contributed by atoms with E-state index in [0.717, 1.165) is 5.56 Å². The Balaban J connectivity index is 2.24. The minimum Gasteiger partial charge on any atom is -0.336 e. The Kier molecular flexibility index (Phi) is 2.95. The SMILES string of the molecule is Cc1c(CN2CCNC2=O)cccc1[N+](=O)[O-]. The number of nitrogens with zero attached hydrogens (tertiary/aromatic N) is 2. The Morgan fingerprint density at radius 3 is 2.88 bits per heavy atom. The molecule has 0 radical (unpaired) electrons. The molecule has 0 aromatic heterocycles. The van der Waals surface area contributed by atoms with Gasteiger partial charge in [0.05, 0.1) is 4.92 Å². The summed E-state index contributed by atoms with van der Waals surface area (Å²) in [5, 5.41) is 13.5. The third-order valence-corrected chi connectivity index (χ3v) is 2.92. The van der Waals surface area contributed by atoms with Gasteiger partial charge in [0, 0.05) is 31.3 Å². The quantitative estimate of drug-likeness (QED) is 0.636. The third kappa shape index (κ3) is 2.20. The lowest BCUT2D eigenvalue weighted by atomic mass is 10.1. The van der Waals surface area contributed by atoms with Crippen LogP contribution in [0.1, 0.15) is 11.1 Å². The van der Waals surface area contributed by atoms with Crippen LogP contribution in [0, 0.1) is 17.0 Å². The summed E-state index contributed by atoms with van der Waals surface area (Å²) in [5.41, 5.74) is 1.54. The molecular formula is C11H13N3O3. The van der Waals surface area contributed by atoms with Crippen LogP contribution in [0.3, 0.4) is 0 Å². The summed E-state index contributed by atoms with van der Waals surface area (Å²) in [6.45, 7) is 3.40. The van der Waals surface area contributed by atoms with Crippen molar-refractivity contribution in [2.24, 2.45) is 0 Å². The summed E-state index contributed by atoms with van der Waals surface area (Å²) >= 11 is 0. The number of urea groups is 1. The van der Waals surface area contributed by atoms with Crippen molar-refractivity contribution in [3.05, 3.63) is 39.4 Å². The normalized spacial score (nSPS) is 14.9. The summed E-state index contributed by atoms with van der Waals surface area (Å²) in [7, 11) is 0. The molecule has 1 saturated heterocycles. The lowest BCUT2D eigenvalue weighted by Crippen LogP contribution is -2.27. The van der Waals surface area contributed by atoms with E-state index in [9.17, 15) is 14.9 Å². The molecule has 90 valence electrons. The number of carbonyl (C=O) groups excluding carboxylic acids is 1. The van der Waals surface area contributed by atoms with E-state index in [1.807, 2.05) is 6.07 Å². The van der Waals surface area contributed by atoms with Crippen molar-refractivity contribution < 1.29 is 9.72 Å². The van der Waals surface area contributed by atoms with E-state index >= 15 is 0 Å². The first-order valence-corrected chi connectivity index (χ1v) is 5.35. The number of rotatable bonds is 3. The molecule has 1 fully saturated rings. The van der Waals surface area contributed by atoms with Crippen molar-refractivity contribution in [3.8, 4) is 0 Å². The lowest BCUT2D eigenvalue weighted by Gasteiger charge is -2.15. The summed E-state index contributed by atoms with van der Waals surface area (Å²) in [6.07, 6.45) is 0. The standard InChI is InChI=1S/C11H13N3O3/c1-8-9(3-2-4-10(8)14(16)17)7-13-6-5-12-11(13)15/h2-4H,5-7H2,1H3,(H,12,15). The molecular weight excluding hydrogens is 222 g/mol. The van der Waals surface area contributed by atoms with E-state index < -0.39 is 4.92 Å². The van der Waals surface area contributed by atoms with Crippen LogP contribution in [-0.4, -0.2) is 28.9 Å². The van der Waals surface area contributed by atoms with Gasteiger partial charge < -0.3 is 10.2 Å². The van der Waals surface area contributed by atoms with Crippen LogP contribution in [0.2, 0.25) is 0 Å². The molecule has 2 amide bonds. The van der Waals surface area contributed by atoms with Crippen LogP contribution >= 0.6 is 0 Å². The van der Waals surface area contributed by atoms with Crippen molar-refractivity contribution in [2.75, 3.05) is 13.1 Å². The molecule has 0 spiro atoms. The summed E-state index contributed by atoms with van der Waals surface area (Å²) < 4.78 is 0. The molecule has 1 aromatic rings. The van der Waals surface area contributed by atoms with E-state index in [1.165, 1.54) is 6.07 Å². The van der Waals surface area contributed by atoms with Crippen molar-refractivity contribution in [1.29, 1.82) is 0 Å². The van der Waals surface area contributed by atoms with Crippen LogP contribution in [0.25, 0.3) is 0 Å². The molecule has 2 rings (SSSR count). The van der Waals surface area contributed by atoms with Gasteiger partial charge in [0.2, 0.25) is 0 Å². The molecule has 17 heavy (non-hydrogen) atoms. The Labute approximate surface area is 98.4 Å². The van der Waals surface area contributed by atoms with Crippen molar-refractivity contribution >= 4 is 11.7 Å². The van der Waals surface area contributed by atoms with Gasteiger partial charge in [-0.15, -0.1) is 0 Å². The highest BCUT2D eigenvalue weighted by molar-refractivity contribution is 5.76. The largest absolute Gasteiger partial charge is 0.336 e. The van der Waals surface area contributed by atoms with Crippen LogP contribution in [0.15, 0.2) is 18.2 Å². The fraction of sp³-hybridized carbons (Fsp3) is 0.364. The average molecular weight is 235 g/mol. The van der Waals surface area contributed by atoms with Crippen molar-refractivity contribution in [3.63, 3.8) is 0 Å². The van der Waals surface area contributed by atoms with Gasteiger partial charge in [0.1, 0.15) is 0 Å². The Morgan fingerprint density at radius 1 is 1.53 bits per heavy atom. The highest BCUT2D eigenvalue weighted by atomic mass is 16.6. The van der Waals surface area contributed by atoms with Gasteiger partial charge >= 0.3 is 6.03 Å². The number of nitrogens with one attached hydrogen (secondary N) is 1. The predicted octanol–water partition coefficient (Wildman–Crippen LogP) is 1.43. The first-order valence-electron chi connectivity index (χ1n) is 5.35.